The zero-order chi connectivity index (χ0) is 22.4. The van der Waals surface area contributed by atoms with E-state index in [0.29, 0.717) is 34.4 Å². The molecule has 3 aromatic rings. The lowest BCUT2D eigenvalue weighted by atomic mass is 10.1. The molecule has 31 heavy (non-hydrogen) atoms. The van der Waals surface area contributed by atoms with Crippen LogP contribution in [0.3, 0.4) is 0 Å². The Hall–Kier alpha value is -2.64. The molecule has 1 amide bonds. The molecule has 0 unspecified atom stereocenters. The summed E-state index contributed by atoms with van der Waals surface area (Å²) in [5.74, 6) is 0.947. The van der Waals surface area contributed by atoms with Gasteiger partial charge in [-0.3, -0.25) is 9.59 Å². The second-order valence-corrected chi connectivity index (χ2v) is 8.58. The number of ketones is 1. The second-order valence-electron chi connectivity index (χ2n) is 7.23. The molecule has 0 saturated carbocycles. The van der Waals surface area contributed by atoms with E-state index in [1.807, 2.05) is 61.7 Å². The summed E-state index contributed by atoms with van der Waals surface area (Å²) in [5.41, 5.74) is 3.44. The Morgan fingerprint density at radius 3 is 2.52 bits per heavy atom. The summed E-state index contributed by atoms with van der Waals surface area (Å²) in [6, 6.07) is 13.0. The molecular weight excluding hydrogens is 432 g/mol. The lowest BCUT2D eigenvalue weighted by Crippen LogP contribution is -2.14. The molecule has 0 spiro atoms. The zero-order valence-electron chi connectivity index (χ0n) is 17.8. The van der Waals surface area contributed by atoms with Crippen molar-refractivity contribution in [1.82, 2.24) is 14.8 Å². The Morgan fingerprint density at radius 2 is 1.84 bits per heavy atom. The molecule has 0 aliphatic heterocycles. The lowest BCUT2D eigenvalue weighted by Gasteiger charge is -2.08. The minimum absolute atomic E-state index is 0.0494. The van der Waals surface area contributed by atoms with Crippen molar-refractivity contribution in [2.75, 3.05) is 11.1 Å². The number of hydrogen-bond donors (Lipinski definition) is 1. The number of thioether (sulfide) groups is 1. The van der Waals surface area contributed by atoms with E-state index in [9.17, 15) is 9.59 Å². The van der Waals surface area contributed by atoms with Crippen LogP contribution in [-0.4, -0.2) is 32.2 Å². The highest BCUT2D eigenvalue weighted by Crippen LogP contribution is 2.21. The smallest absolute Gasteiger partial charge is 0.224 e. The highest BCUT2D eigenvalue weighted by atomic mass is 35.5. The molecule has 0 aliphatic carbocycles. The predicted octanol–water partition coefficient (Wildman–Crippen LogP) is 5.11. The summed E-state index contributed by atoms with van der Waals surface area (Å²) in [5, 5.41) is 12.6. The maximum atomic E-state index is 12.4. The van der Waals surface area contributed by atoms with Gasteiger partial charge in [-0.2, -0.15) is 0 Å². The number of halogens is 1. The Morgan fingerprint density at radius 1 is 1.10 bits per heavy atom. The molecule has 0 radical (unpaired) electrons. The number of aryl methyl sites for hydroxylation is 3. The van der Waals surface area contributed by atoms with E-state index in [-0.39, 0.29) is 23.9 Å². The van der Waals surface area contributed by atoms with Crippen LogP contribution in [0.4, 0.5) is 5.69 Å². The monoisotopic (exact) mass is 456 g/mol. The highest BCUT2D eigenvalue weighted by Gasteiger charge is 2.15. The van der Waals surface area contributed by atoms with Crippen molar-refractivity contribution in [3.05, 3.63) is 70.0 Å². The van der Waals surface area contributed by atoms with Crippen molar-refractivity contribution in [3.63, 3.8) is 0 Å². The van der Waals surface area contributed by atoms with E-state index in [1.165, 1.54) is 11.8 Å². The van der Waals surface area contributed by atoms with Crippen molar-refractivity contribution in [1.29, 1.82) is 0 Å². The SMILES string of the molecule is CCn1c(CCC(=O)Nc2ccc(C)c(Cl)c2)nnc1SCC(=O)c1ccc(C)cc1. The van der Waals surface area contributed by atoms with Gasteiger partial charge >= 0.3 is 0 Å². The maximum absolute atomic E-state index is 12.4. The van der Waals surface area contributed by atoms with E-state index in [4.69, 9.17) is 11.6 Å². The number of rotatable bonds is 9. The van der Waals surface area contributed by atoms with Crippen LogP contribution in [0, 0.1) is 13.8 Å². The summed E-state index contributed by atoms with van der Waals surface area (Å²) in [6.45, 7) is 6.56. The lowest BCUT2D eigenvalue weighted by molar-refractivity contribution is -0.116. The highest BCUT2D eigenvalue weighted by molar-refractivity contribution is 7.99. The largest absolute Gasteiger partial charge is 0.326 e. The third-order valence-electron chi connectivity index (χ3n) is 4.85. The minimum Gasteiger partial charge on any atom is -0.326 e. The van der Waals surface area contributed by atoms with Gasteiger partial charge in [0.05, 0.1) is 5.75 Å². The molecule has 1 N–H and O–H groups in total. The van der Waals surface area contributed by atoms with E-state index in [0.717, 1.165) is 17.0 Å². The van der Waals surface area contributed by atoms with Crippen molar-refractivity contribution in [2.24, 2.45) is 0 Å². The average molecular weight is 457 g/mol. The van der Waals surface area contributed by atoms with E-state index in [2.05, 4.69) is 15.5 Å². The first-order valence-electron chi connectivity index (χ1n) is 10.1. The van der Waals surface area contributed by atoms with Crippen molar-refractivity contribution < 1.29 is 9.59 Å². The average Bonchev–Trinajstić information content (AvgIpc) is 3.15. The van der Waals surface area contributed by atoms with Crippen LogP contribution >= 0.6 is 23.4 Å². The van der Waals surface area contributed by atoms with Crippen LogP contribution in [0.1, 0.15) is 40.7 Å². The molecular formula is C23H25ClN4O2S. The molecule has 1 heterocycles. The molecule has 6 nitrogen and oxygen atoms in total. The van der Waals surface area contributed by atoms with Crippen LogP contribution in [0.2, 0.25) is 5.02 Å². The van der Waals surface area contributed by atoms with Gasteiger partial charge in [0, 0.05) is 35.7 Å². The van der Waals surface area contributed by atoms with Gasteiger partial charge in [0.2, 0.25) is 5.91 Å². The number of benzene rings is 2. The van der Waals surface area contributed by atoms with Gasteiger partial charge in [-0.15, -0.1) is 10.2 Å². The standard InChI is InChI=1S/C23H25ClN4O2S/c1-4-28-21(11-12-22(30)25-18-10-7-16(3)19(24)13-18)26-27-23(28)31-14-20(29)17-8-5-15(2)6-9-17/h5-10,13H,4,11-12,14H2,1-3H3,(H,25,30). The molecule has 2 aromatic carbocycles. The number of nitrogens with zero attached hydrogens (tertiary/aromatic N) is 3. The van der Waals surface area contributed by atoms with Gasteiger partial charge in [0.15, 0.2) is 10.9 Å². The summed E-state index contributed by atoms with van der Waals surface area (Å²) >= 11 is 7.48. The summed E-state index contributed by atoms with van der Waals surface area (Å²) in [6.07, 6.45) is 0.731. The van der Waals surface area contributed by atoms with E-state index < -0.39 is 0 Å². The molecule has 0 fully saturated rings. The van der Waals surface area contributed by atoms with Crippen LogP contribution in [0.15, 0.2) is 47.6 Å². The van der Waals surface area contributed by atoms with Crippen LogP contribution in [0.25, 0.3) is 0 Å². The molecule has 8 heteroatoms. The molecule has 162 valence electrons. The Labute approximate surface area is 191 Å². The third kappa shape index (κ3) is 6.18. The van der Waals surface area contributed by atoms with Gasteiger partial charge in [0.1, 0.15) is 5.82 Å². The number of anilines is 1. The fraction of sp³-hybridized carbons (Fsp3) is 0.304. The fourth-order valence-electron chi connectivity index (χ4n) is 3.00. The van der Waals surface area contributed by atoms with Crippen LogP contribution in [-0.2, 0) is 17.8 Å². The molecule has 0 bridgehead atoms. The summed E-state index contributed by atoms with van der Waals surface area (Å²) in [7, 11) is 0. The van der Waals surface area contributed by atoms with Gasteiger partial charge in [-0.05, 0) is 38.5 Å². The van der Waals surface area contributed by atoms with Crippen molar-refractivity contribution in [2.45, 2.75) is 45.3 Å². The number of aromatic nitrogens is 3. The van der Waals surface area contributed by atoms with Crippen molar-refractivity contribution >= 4 is 40.7 Å². The van der Waals surface area contributed by atoms with Gasteiger partial charge in [-0.1, -0.05) is 59.3 Å². The first kappa shape index (κ1) is 23.0. The summed E-state index contributed by atoms with van der Waals surface area (Å²) < 4.78 is 1.95. The maximum Gasteiger partial charge on any atom is 0.224 e. The number of carbonyl (C=O) groups excluding carboxylic acids is 2. The van der Waals surface area contributed by atoms with Gasteiger partial charge in [-0.25, -0.2) is 0 Å². The molecule has 0 aliphatic rings. The van der Waals surface area contributed by atoms with Crippen molar-refractivity contribution in [3.8, 4) is 0 Å². The zero-order valence-corrected chi connectivity index (χ0v) is 19.4. The quantitative estimate of drug-likeness (QED) is 0.357. The van der Waals surface area contributed by atoms with Gasteiger partial charge in [0.25, 0.3) is 0 Å². The fourth-order valence-corrected chi connectivity index (χ4v) is 4.10. The van der Waals surface area contributed by atoms with Gasteiger partial charge < -0.3 is 9.88 Å². The van der Waals surface area contributed by atoms with Crippen LogP contribution < -0.4 is 5.32 Å². The Balaban J connectivity index is 1.56. The topological polar surface area (TPSA) is 76.9 Å². The molecule has 3 rings (SSSR count). The minimum atomic E-state index is -0.116. The predicted molar refractivity (Wildman–Crippen MR) is 125 cm³/mol. The number of Topliss-reactive ketones (excluding diaryl/α,β-unsaturated/α-hetero) is 1. The van der Waals surface area contributed by atoms with E-state index in [1.54, 1.807) is 6.07 Å². The Kier molecular flexibility index (Phi) is 7.87. The summed E-state index contributed by atoms with van der Waals surface area (Å²) in [4.78, 5) is 24.8. The number of carbonyl (C=O) groups is 2. The second kappa shape index (κ2) is 10.6. The van der Waals surface area contributed by atoms with Crippen LogP contribution in [0.5, 0.6) is 0 Å². The number of nitrogens with one attached hydrogen (secondary N) is 1. The number of hydrogen-bond acceptors (Lipinski definition) is 5. The van der Waals surface area contributed by atoms with E-state index >= 15 is 0 Å². The third-order valence-corrected chi connectivity index (χ3v) is 6.22. The first-order valence-corrected chi connectivity index (χ1v) is 11.4. The molecule has 0 saturated heterocycles. The molecule has 0 atom stereocenters. The molecule has 1 aromatic heterocycles. The number of amides is 1. The normalized spacial score (nSPS) is 10.8. The Bertz CT molecular complexity index is 1080. The first-order chi connectivity index (χ1) is 14.9.